The fourth-order valence-electron chi connectivity index (χ4n) is 3.98. The van der Waals surface area contributed by atoms with Crippen LogP contribution in [0.1, 0.15) is 97.8 Å². The predicted molar refractivity (Wildman–Crippen MR) is 150 cm³/mol. The van der Waals surface area contributed by atoms with Gasteiger partial charge in [0.2, 0.25) is 5.75 Å². The molecule has 0 atom stereocenters. The highest BCUT2D eigenvalue weighted by Gasteiger charge is 2.20. The molecule has 0 fully saturated rings. The van der Waals surface area contributed by atoms with E-state index in [9.17, 15) is 4.79 Å². The smallest absolute Gasteiger partial charge is 0.383 e. The van der Waals surface area contributed by atoms with E-state index in [4.69, 9.17) is 18.6 Å². The lowest BCUT2D eigenvalue weighted by Gasteiger charge is -2.15. The second-order valence-corrected chi connectivity index (χ2v) is 9.04. The molecule has 1 aromatic heterocycles. The van der Waals surface area contributed by atoms with E-state index in [2.05, 4.69) is 45.1 Å². The molecule has 0 saturated carbocycles. The van der Waals surface area contributed by atoms with Crippen LogP contribution >= 0.6 is 0 Å². The monoisotopic (exact) mass is 498 g/mol. The van der Waals surface area contributed by atoms with Crippen molar-refractivity contribution in [1.29, 1.82) is 0 Å². The molecule has 0 saturated heterocycles. The third-order valence-corrected chi connectivity index (χ3v) is 5.93. The van der Waals surface area contributed by atoms with Crippen molar-refractivity contribution in [2.75, 3.05) is 19.8 Å². The average molecular weight is 499 g/mol. The van der Waals surface area contributed by atoms with Crippen molar-refractivity contribution in [3.05, 3.63) is 52.9 Å². The molecule has 0 bridgehead atoms. The fraction of sp³-hybridized carbons (Fsp3) is 0.581. The van der Waals surface area contributed by atoms with E-state index in [1.165, 1.54) is 38.5 Å². The Morgan fingerprint density at radius 3 is 1.94 bits per heavy atom. The van der Waals surface area contributed by atoms with Crippen molar-refractivity contribution in [2.24, 2.45) is 0 Å². The molecule has 0 aliphatic heterocycles. The lowest BCUT2D eigenvalue weighted by atomic mass is 10.1. The highest BCUT2D eigenvalue weighted by atomic mass is 16.5. The van der Waals surface area contributed by atoms with Gasteiger partial charge < -0.3 is 18.6 Å². The number of unbranched alkanes of at least 4 members (excludes halogenated alkanes) is 7. The summed E-state index contributed by atoms with van der Waals surface area (Å²) in [4.78, 5) is 12.9. The summed E-state index contributed by atoms with van der Waals surface area (Å²) in [7, 11) is 0. The molecule has 1 heterocycles. The van der Waals surface area contributed by atoms with Gasteiger partial charge in [-0.15, -0.1) is 0 Å². The summed E-state index contributed by atoms with van der Waals surface area (Å²) >= 11 is 0. The van der Waals surface area contributed by atoms with Gasteiger partial charge in [-0.3, -0.25) is 0 Å². The average Bonchev–Trinajstić information content (AvgIpc) is 2.88. The van der Waals surface area contributed by atoms with Gasteiger partial charge in [0.15, 0.2) is 17.1 Å². The van der Waals surface area contributed by atoms with E-state index < -0.39 is 5.63 Å². The molecule has 1 aromatic carbocycles. The van der Waals surface area contributed by atoms with Crippen LogP contribution < -0.4 is 19.8 Å². The zero-order valence-corrected chi connectivity index (χ0v) is 22.7. The van der Waals surface area contributed by atoms with Crippen LogP contribution in [-0.2, 0) is 0 Å². The molecule has 2 aromatic rings. The second kappa shape index (κ2) is 18.6. The summed E-state index contributed by atoms with van der Waals surface area (Å²) in [6, 6.07) is 5.64. The minimum Gasteiger partial charge on any atom is -0.490 e. The van der Waals surface area contributed by atoms with E-state index in [1.54, 1.807) is 0 Å². The van der Waals surface area contributed by atoms with Crippen LogP contribution in [0.25, 0.3) is 11.0 Å². The Kier molecular flexibility index (Phi) is 15.2. The third kappa shape index (κ3) is 10.5. The summed E-state index contributed by atoms with van der Waals surface area (Å²) in [5, 5.41) is 0.696. The number of ether oxygens (including phenoxy) is 3. The van der Waals surface area contributed by atoms with E-state index in [-0.39, 0.29) is 5.75 Å². The SMILES string of the molecule is CCC=CCCOc1c(OCCC=CCC)c2cccc(OCCCCCCCCCC)c2oc1=O. The first-order chi connectivity index (χ1) is 17.7. The number of hydrogen-bond acceptors (Lipinski definition) is 5. The summed E-state index contributed by atoms with van der Waals surface area (Å²) in [5.41, 5.74) is -0.122. The van der Waals surface area contributed by atoms with Gasteiger partial charge in [-0.05, 0) is 44.2 Å². The first-order valence-corrected chi connectivity index (χ1v) is 14.0. The van der Waals surface area contributed by atoms with Crippen LogP contribution in [0.5, 0.6) is 17.2 Å². The topological polar surface area (TPSA) is 57.9 Å². The van der Waals surface area contributed by atoms with Crippen molar-refractivity contribution < 1.29 is 18.6 Å². The Labute approximate surface area is 217 Å². The van der Waals surface area contributed by atoms with Gasteiger partial charge in [0.05, 0.1) is 25.2 Å². The first kappa shape index (κ1) is 29.5. The summed E-state index contributed by atoms with van der Waals surface area (Å²) in [5.74, 6) is 1.14. The first-order valence-electron chi connectivity index (χ1n) is 14.0. The van der Waals surface area contributed by atoms with Gasteiger partial charge in [0, 0.05) is 0 Å². The molecule has 0 N–H and O–H groups in total. The van der Waals surface area contributed by atoms with Crippen LogP contribution in [0.4, 0.5) is 0 Å². The van der Waals surface area contributed by atoms with E-state index in [0.717, 1.165) is 32.1 Å². The fourth-order valence-corrected chi connectivity index (χ4v) is 3.98. The Hall–Kier alpha value is -2.69. The van der Waals surface area contributed by atoms with Gasteiger partial charge >= 0.3 is 5.63 Å². The minimum absolute atomic E-state index is 0.132. The number of fused-ring (bicyclic) bond motifs is 1. The Balaban J connectivity index is 2.10. The minimum atomic E-state index is -0.538. The Morgan fingerprint density at radius 2 is 1.31 bits per heavy atom. The van der Waals surface area contributed by atoms with Crippen LogP contribution in [0, 0.1) is 0 Å². The maximum atomic E-state index is 12.9. The quantitative estimate of drug-likeness (QED) is 0.104. The lowest BCUT2D eigenvalue weighted by molar-refractivity contribution is 0.263. The predicted octanol–water partition coefficient (Wildman–Crippen LogP) is 8.78. The molecule has 0 radical (unpaired) electrons. The Bertz CT molecular complexity index is 973. The van der Waals surface area contributed by atoms with Crippen LogP contribution in [-0.4, -0.2) is 19.8 Å². The molecule has 0 unspecified atom stereocenters. The second-order valence-electron chi connectivity index (χ2n) is 9.04. The van der Waals surface area contributed by atoms with Crippen molar-refractivity contribution in [3.63, 3.8) is 0 Å². The molecule has 5 heteroatoms. The molecule has 5 nitrogen and oxygen atoms in total. The number of rotatable bonds is 20. The molecule has 2 rings (SSSR count). The van der Waals surface area contributed by atoms with Crippen molar-refractivity contribution in [3.8, 4) is 17.2 Å². The van der Waals surface area contributed by atoms with Gasteiger partial charge in [-0.25, -0.2) is 4.79 Å². The molecule has 36 heavy (non-hydrogen) atoms. The third-order valence-electron chi connectivity index (χ3n) is 5.93. The molecule has 200 valence electrons. The molecule has 0 spiro atoms. The maximum Gasteiger partial charge on any atom is 0.383 e. The number of para-hydroxylation sites is 1. The zero-order chi connectivity index (χ0) is 25.8. The lowest BCUT2D eigenvalue weighted by Crippen LogP contribution is -2.12. The van der Waals surface area contributed by atoms with Crippen LogP contribution in [0.2, 0.25) is 0 Å². The van der Waals surface area contributed by atoms with Gasteiger partial charge in [0.25, 0.3) is 0 Å². The highest BCUT2D eigenvalue weighted by Crippen LogP contribution is 2.37. The standard InChI is InChI=1S/C31H46O5/c1-4-7-10-13-14-15-16-19-23-33-27-22-20-21-26-28(27)36-31(32)30(35-25-18-12-9-6-3)29(26)34-24-17-11-8-5-2/h8-9,11-12,20-22H,4-7,10,13-19,23-25H2,1-3H3. The van der Waals surface area contributed by atoms with Crippen LogP contribution in [0.3, 0.4) is 0 Å². The number of hydrogen-bond donors (Lipinski definition) is 0. The largest absolute Gasteiger partial charge is 0.490 e. The van der Waals surface area contributed by atoms with Crippen molar-refractivity contribution >= 4 is 11.0 Å². The van der Waals surface area contributed by atoms with Gasteiger partial charge in [-0.1, -0.05) is 96.1 Å². The number of benzene rings is 1. The molecule has 0 amide bonds. The number of allylic oxidation sites excluding steroid dienone is 2. The molecular weight excluding hydrogens is 452 g/mol. The summed E-state index contributed by atoms with van der Waals surface area (Å²) in [6.45, 7) is 7.85. The highest BCUT2D eigenvalue weighted by molar-refractivity contribution is 5.89. The van der Waals surface area contributed by atoms with Gasteiger partial charge in [0.1, 0.15) is 0 Å². The molecular formula is C31H46O5. The Morgan fingerprint density at radius 1 is 0.694 bits per heavy atom. The van der Waals surface area contributed by atoms with E-state index >= 15 is 0 Å². The van der Waals surface area contributed by atoms with E-state index in [0.29, 0.717) is 48.7 Å². The van der Waals surface area contributed by atoms with Gasteiger partial charge in [-0.2, -0.15) is 0 Å². The molecule has 0 aliphatic carbocycles. The molecule has 0 aliphatic rings. The van der Waals surface area contributed by atoms with Crippen molar-refractivity contribution in [2.45, 2.75) is 97.8 Å². The summed E-state index contributed by atoms with van der Waals surface area (Å²) < 4.78 is 23.7. The van der Waals surface area contributed by atoms with E-state index in [1.807, 2.05) is 18.2 Å². The van der Waals surface area contributed by atoms with Crippen LogP contribution in [0.15, 0.2) is 51.7 Å². The normalized spacial score (nSPS) is 11.6. The maximum absolute atomic E-state index is 12.9. The zero-order valence-electron chi connectivity index (χ0n) is 22.7. The van der Waals surface area contributed by atoms with Crippen molar-refractivity contribution in [1.82, 2.24) is 0 Å². The summed E-state index contributed by atoms with van der Waals surface area (Å²) in [6.07, 6.45) is 21.7.